The number of benzene rings is 1. The van der Waals surface area contributed by atoms with Gasteiger partial charge in [-0.1, -0.05) is 0 Å². The average Bonchev–Trinajstić information content (AvgIpc) is 2.21. The van der Waals surface area contributed by atoms with Gasteiger partial charge in [0.25, 0.3) is 0 Å². The van der Waals surface area contributed by atoms with Gasteiger partial charge in [0.2, 0.25) is 0 Å². The van der Waals surface area contributed by atoms with E-state index in [1.165, 1.54) is 0 Å². The summed E-state index contributed by atoms with van der Waals surface area (Å²) in [7, 11) is 1.57. The van der Waals surface area contributed by atoms with Crippen molar-refractivity contribution in [3.63, 3.8) is 0 Å². The van der Waals surface area contributed by atoms with Gasteiger partial charge in [-0.2, -0.15) is 0 Å². The second-order valence-electron chi connectivity index (χ2n) is 4.70. The van der Waals surface area contributed by atoms with Crippen LogP contribution in [0.5, 0.6) is 5.75 Å². The van der Waals surface area contributed by atoms with E-state index in [2.05, 4.69) is 0 Å². The van der Waals surface area contributed by atoms with E-state index in [9.17, 15) is 4.39 Å². The minimum atomic E-state index is -0.341. The summed E-state index contributed by atoms with van der Waals surface area (Å²) in [5.74, 6) is 0.404. The summed E-state index contributed by atoms with van der Waals surface area (Å²) < 4.78 is 19.0. The molecule has 0 aromatic heterocycles. The number of rotatable bonds is 2. The Balaban J connectivity index is 2.58. The Morgan fingerprint density at radius 1 is 1.31 bits per heavy atom. The van der Waals surface area contributed by atoms with E-state index in [-0.39, 0.29) is 11.4 Å². The lowest BCUT2D eigenvalue weighted by atomic mass is 9.71. The van der Waals surface area contributed by atoms with Crippen molar-refractivity contribution in [2.75, 3.05) is 7.11 Å². The maximum atomic E-state index is 13.8. The van der Waals surface area contributed by atoms with Gasteiger partial charge in [0.1, 0.15) is 11.6 Å². The predicted molar refractivity (Wildman–Crippen MR) is 62.1 cm³/mol. The first kappa shape index (κ1) is 11.4. The topological polar surface area (TPSA) is 35.2 Å². The van der Waals surface area contributed by atoms with E-state index in [4.69, 9.17) is 10.5 Å². The molecule has 1 aromatic carbocycles. The average molecular weight is 223 g/mol. The van der Waals surface area contributed by atoms with Crippen LogP contribution in [-0.2, 0) is 5.54 Å². The summed E-state index contributed by atoms with van der Waals surface area (Å²) >= 11 is 0. The molecular formula is C13H18FNO. The summed E-state index contributed by atoms with van der Waals surface area (Å²) in [5, 5.41) is 0. The van der Waals surface area contributed by atoms with E-state index in [1.54, 1.807) is 20.1 Å². The molecule has 0 radical (unpaired) electrons. The van der Waals surface area contributed by atoms with Crippen molar-refractivity contribution in [3.05, 3.63) is 28.6 Å². The van der Waals surface area contributed by atoms with Crippen molar-refractivity contribution in [1.82, 2.24) is 0 Å². The molecule has 0 heterocycles. The Labute approximate surface area is 95.6 Å². The quantitative estimate of drug-likeness (QED) is 0.836. The van der Waals surface area contributed by atoms with Crippen molar-refractivity contribution < 1.29 is 9.13 Å². The van der Waals surface area contributed by atoms with Gasteiger partial charge in [0.15, 0.2) is 0 Å². The largest absolute Gasteiger partial charge is 0.496 e. The van der Waals surface area contributed by atoms with Gasteiger partial charge in [-0.15, -0.1) is 0 Å². The molecule has 0 amide bonds. The Kier molecular flexibility index (Phi) is 2.66. The van der Waals surface area contributed by atoms with Crippen LogP contribution in [0.3, 0.4) is 0 Å². The van der Waals surface area contributed by atoms with Gasteiger partial charge < -0.3 is 10.5 Å². The summed E-state index contributed by atoms with van der Waals surface area (Å²) in [6, 6.07) is 1.58. The third-order valence-electron chi connectivity index (χ3n) is 3.70. The molecule has 0 aliphatic heterocycles. The molecule has 3 heteroatoms. The lowest BCUT2D eigenvalue weighted by Crippen LogP contribution is -2.44. The van der Waals surface area contributed by atoms with Gasteiger partial charge >= 0.3 is 0 Å². The van der Waals surface area contributed by atoms with E-state index in [0.29, 0.717) is 11.3 Å². The molecule has 2 rings (SSSR count). The van der Waals surface area contributed by atoms with E-state index >= 15 is 0 Å². The molecule has 0 unspecified atom stereocenters. The van der Waals surface area contributed by atoms with Gasteiger partial charge in [-0.3, -0.25) is 0 Å². The summed E-state index contributed by atoms with van der Waals surface area (Å²) in [6.45, 7) is 3.68. The Bertz CT molecular complexity index is 424. The normalized spacial score (nSPS) is 18.1. The van der Waals surface area contributed by atoms with Crippen molar-refractivity contribution in [1.29, 1.82) is 0 Å². The molecule has 1 saturated carbocycles. The maximum absolute atomic E-state index is 13.8. The van der Waals surface area contributed by atoms with Crippen molar-refractivity contribution in [2.45, 2.75) is 38.6 Å². The first-order valence-electron chi connectivity index (χ1n) is 5.62. The minimum Gasteiger partial charge on any atom is -0.496 e. The Morgan fingerprint density at radius 2 is 1.94 bits per heavy atom. The van der Waals surface area contributed by atoms with Gasteiger partial charge in [0.05, 0.1) is 7.11 Å². The molecule has 0 bridgehead atoms. The monoisotopic (exact) mass is 223 g/mol. The molecule has 2 N–H and O–H groups in total. The summed E-state index contributed by atoms with van der Waals surface area (Å²) in [6.07, 6.45) is 2.98. The first-order chi connectivity index (χ1) is 7.49. The number of ether oxygens (including phenoxy) is 1. The van der Waals surface area contributed by atoms with E-state index < -0.39 is 0 Å². The van der Waals surface area contributed by atoms with Gasteiger partial charge in [-0.05, 0) is 50.3 Å². The van der Waals surface area contributed by atoms with Crippen LogP contribution in [0.4, 0.5) is 4.39 Å². The zero-order valence-corrected chi connectivity index (χ0v) is 10.1. The Hall–Kier alpha value is -1.09. The highest BCUT2D eigenvalue weighted by Crippen LogP contribution is 2.43. The molecule has 88 valence electrons. The number of nitrogens with two attached hydrogens (primary N) is 1. The molecule has 0 atom stereocenters. The zero-order valence-electron chi connectivity index (χ0n) is 10.1. The van der Waals surface area contributed by atoms with Crippen LogP contribution in [0.15, 0.2) is 6.07 Å². The summed E-state index contributed by atoms with van der Waals surface area (Å²) in [5.41, 5.74) is 8.34. The molecule has 1 aliphatic carbocycles. The van der Waals surface area contributed by atoms with Crippen LogP contribution < -0.4 is 10.5 Å². The van der Waals surface area contributed by atoms with Crippen molar-refractivity contribution in [2.24, 2.45) is 5.73 Å². The second-order valence-corrected chi connectivity index (χ2v) is 4.70. The lowest BCUT2D eigenvalue weighted by molar-refractivity contribution is 0.250. The lowest BCUT2D eigenvalue weighted by Gasteiger charge is -2.40. The van der Waals surface area contributed by atoms with E-state index in [1.807, 2.05) is 6.92 Å². The SMILES string of the molecule is COc1c(C)c(F)cc(C2(N)CCC2)c1C. The van der Waals surface area contributed by atoms with Crippen LogP contribution in [0.1, 0.15) is 36.0 Å². The summed E-state index contributed by atoms with van der Waals surface area (Å²) in [4.78, 5) is 0. The fourth-order valence-corrected chi connectivity index (χ4v) is 2.51. The predicted octanol–water partition coefficient (Wildman–Crippen LogP) is 2.79. The number of halogens is 1. The van der Waals surface area contributed by atoms with Crippen LogP contribution in [0.2, 0.25) is 0 Å². The number of hydrogen-bond acceptors (Lipinski definition) is 2. The highest BCUT2D eigenvalue weighted by atomic mass is 19.1. The van der Waals surface area contributed by atoms with Crippen molar-refractivity contribution >= 4 is 0 Å². The Morgan fingerprint density at radius 3 is 2.38 bits per heavy atom. The molecule has 0 spiro atoms. The fraction of sp³-hybridized carbons (Fsp3) is 0.538. The number of hydrogen-bond donors (Lipinski definition) is 1. The molecule has 1 aromatic rings. The van der Waals surface area contributed by atoms with Gasteiger partial charge in [0, 0.05) is 11.1 Å². The van der Waals surface area contributed by atoms with Gasteiger partial charge in [-0.25, -0.2) is 4.39 Å². The van der Waals surface area contributed by atoms with Crippen molar-refractivity contribution in [3.8, 4) is 5.75 Å². The minimum absolute atomic E-state index is 0.228. The van der Waals surface area contributed by atoms with Crippen LogP contribution >= 0.6 is 0 Å². The molecule has 1 fully saturated rings. The van der Waals surface area contributed by atoms with Crippen LogP contribution in [0, 0.1) is 19.7 Å². The maximum Gasteiger partial charge on any atom is 0.130 e. The highest BCUT2D eigenvalue weighted by molar-refractivity contribution is 5.49. The second kappa shape index (κ2) is 3.74. The number of methoxy groups -OCH3 is 1. The zero-order chi connectivity index (χ0) is 11.9. The van der Waals surface area contributed by atoms with E-state index in [0.717, 1.165) is 30.4 Å². The molecule has 2 nitrogen and oxygen atoms in total. The third kappa shape index (κ3) is 1.50. The highest BCUT2D eigenvalue weighted by Gasteiger charge is 2.37. The molecule has 0 saturated heterocycles. The standard InChI is InChI=1S/C13H18FNO/c1-8-10(13(15)5-4-6-13)7-11(14)9(2)12(8)16-3/h7H,4-6,15H2,1-3H3. The third-order valence-corrected chi connectivity index (χ3v) is 3.70. The van der Waals surface area contributed by atoms with Crippen LogP contribution in [-0.4, -0.2) is 7.11 Å². The first-order valence-corrected chi connectivity index (χ1v) is 5.62. The fourth-order valence-electron chi connectivity index (χ4n) is 2.51. The molecule has 1 aliphatic rings. The van der Waals surface area contributed by atoms with Crippen LogP contribution in [0.25, 0.3) is 0 Å². The molecule has 16 heavy (non-hydrogen) atoms. The molecular weight excluding hydrogens is 205 g/mol. The smallest absolute Gasteiger partial charge is 0.130 e.